The van der Waals surface area contributed by atoms with Crippen molar-refractivity contribution in [2.45, 2.75) is 57.2 Å². The van der Waals surface area contributed by atoms with Crippen molar-refractivity contribution >= 4 is 18.1 Å². The smallest absolute Gasteiger partial charge is 0.305 e. The van der Waals surface area contributed by atoms with E-state index >= 15 is 0 Å². The number of piperidine rings is 1. The molecule has 0 amide bonds. The van der Waals surface area contributed by atoms with Gasteiger partial charge in [0, 0.05) is 31.3 Å². The van der Waals surface area contributed by atoms with E-state index in [9.17, 15) is 9.59 Å². The van der Waals surface area contributed by atoms with Crippen LogP contribution in [0.25, 0.3) is 0 Å². The molecule has 1 saturated carbocycles. The van der Waals surface area contributed by atoms with Crippen LogP contribution in [0, 0.1) is 5.92 Å². The van der Waals surface area contributed by atoms with E-state index in [-0.39, 0.29) is 5.97 Å². The minimum Gasteiger partial charge on any atom is -0.469 e. The minimum atomic E-state index is -0.100. The number of aromatic nitrogens is 1. The van der Waals surface area contributed by atoms with Gasteiger partial charge in [-0.2, -0.15) is 0 Å². The third-order valence-electron chi connectivity index (χ3n) is 5.53. The molecule has 6 heteroatoms. The number of methoxy groups -OCH3 is 1. The molecule has 1 aromatic heterocycles. The summed E-state index contributed by atoms with van der Waals surface area (Å²) in [5, 5.41) is 0. The second-order valence-electron chi connectivity index (χ2n) is 7.31. The molecule has 3 rings (SSSR count). The Balaban J connectivity index is 1.39. The first-order chi connectivity index (χ1) is 12.7. The summed E-state index contributed by atoms with van der Waals surface area (Å²) in [6.45, 7) is 1.85. The Morgan fingerprint density at radius 1 is 1.15 bits per heavy atom. The fourth-order valence-electron chi connectivity index (χ4n) is 3.94. The first-order valence-electron chi connectivity index (χ1n) is 9.56. The van der Waals surface area contributed by atoms with Gasteiger partial charge in [-0.05, 0) is 56.6 Å². The summed E-state index contributed by atoms with van der Waals surface area (Å²) in [7, 11) is 1.45. The molecule has 2 fully saturated rings. The van der Waals surface area contributed by atoms with Crippen LogP contribution in [0.5, 0.6) is 0 Å². The van der Waals surface area contributed by atoms with Crippen LogP contribution < -0.4 is 4.90 Å². The summed E-state index contributed by atoms with van der Waals surface area (Å²) >= 11 is 0. The highest BCUT2D eigenvalue weighted by Gasteiger charge is 2.28. The van der Waals surface area contributed by atoms with Crippen LogP contribution in [0.4, 0.5) is 5.82 Å². The summed E-state index contributed by atoms with van der Waals surface area (Å²) in [6.07, 6.45) is 9.78. The molecule has 0 spiro atoms. The number of carbonyl (C=O) groups is 2. The summed E-state index contributed by atoms with van der Waals surface area (Å²) in [6, 6.07) is 3.72. The van der Waals surface area contributed by atoms with E-state index in [2.05, 4.69) is 9.88 Å². The molecule has 0 radical (unpaired) electrons. The molecule has 0 N–H and O–H groups in total. The zero-order chi connectivity index (χ0) is 18.4. The van der Waals surface area contributed by atoms with Crippen molar-refractivity contribution in [3.63, 3.8) is 0 Å². The van der Waals surface area contributed by atoms with Crippen molar-refractivity contribution < 1.29 is 19.1 Å². The van der Waals surface area contributed by atoms with Gasteiger partial charge in [-0.1, -0.05) is 0 Å². The van der Waals surface area contributed by atoms with E-state index in [1.807, 2.05) is 12.1 Å². The van der Waals surface area contributed by atoms with E-state index in [0.717, 1.165) is 63.7 Å². The average Bonchev–Trinajstić information content (AvgIpc) is 2.70. The minimum absolute atomic E-state index is 0.100. The molecule has 6 nitrogen and oxygen atoms in total. The van der Waals surface area contributed by atoms with E-state index in [1.165, 1.54) is 7.11 Å². The molecule has 0 bridgehead atoms. The Bertz CT molecular complexity index is 588. The average molecular weight is 360 g/mol. The van der Waals surface area contributed by atoms with Crippen molar-refractivity contribution in [3.8, 4) is 0 Å². The van der Waals surface area contributed by atoms with Crippen molar-refractivity contribution in [1.29, 1.82) is 0 Å². The third-order valence-corrected chi connectivity index (χ3v) is 5.53. The number of rotatable bonds is 6. The highest BCUT2D eigenvalue weighted by molar-refractivity contribution is 5.74. The maximum absolute atomic E-state index is 11.4. The molecular formula is C20H28N2O4. The van der Waals surface area contributed by atoms with E-state index in [0.29, 0.717) is 30.1 Å². The fourth-order valence-corrected chi connectivity index (χ4v) is 3.94. The lowest BCUT2D eigenvalue weighted by Crippen LogP contribution is -2.39. The molecule has 0 unspecified atom stereocenters. The van der Waals surface area contributed by atoms with Crippen LogP contribution in [-0.2, 0) is 14.3 Å². The van der Waals surface area contributed by atoms with Crippen LogP contribution in [0.2, 0.25) is 0 Å². The molecule has 2 heterocycles. The maximum Gasteiger partial charge on any atom is 0.305 e. The molecule has 26 heavy (non-hydrogen) atoms. The molecule has 2 aliphatic rings. The molecule has 1 aromatic rings. The first-order valence-corrected chi connectivity index (χ1v) is 9.56. The predicted octanol–water partition coefficient (Wildman–Crippen LogP) is 3.00. The Kier molecular flexibility index (Phi) is 6.61. The lowest BCUT2D eigenvalue weighted by molar-refractivity contribution is -0.142. The number of esters is 1. The highest BCUT2D eigenvalue weighted by Crippen LogP contribution is 2.31. The number of carbonyl (C=O) groups excluding carboxylic acids is 2. The van der Waals surface area contributed by atoms with Gasteiger partial charge in [0.2, 0.25) is 0 Å². The number of pyridine rings is 1. The van der Waals surface area contributed by atoms with Crippen molar-refractivity contribution in [1.82, 2.24) is 4.98 Å². The number of anilines is 1. The number of hydrogen-bond donors (Lipinski definition) is 0. The Labute approximate surface area is 154 Å². The summed E-state index contributed by atoms with van der Waals surface area (Å²) < 4.78 is 11.1. The SMILES string of the molecule is COC(=O)CC1CCC(OC2CCN(c3ccc(C=O)cn3)CC2)CC1. The van der Waals surface area contributed by atoms with E-state index in [1.54, 1.807) is 6.20 Å². The lowest BCUT2D eigenvalue weighted by Gasteiger charge is -2.36. The van der Waals surface area contributed by atoms with Crippen molar-refractivity contribution in [2.75, 3.05) is 25.1 Å². The van der Waals surface area contributed by atoms with Crippen molar-refractivity contribution in [2.24, 2.45) is 5.92 Å². The van der Waals surface area contributed by atoms with E-state index < -0.39 is 0 Å². The molecule has 142 valence electrons. The number of aldehydes is 1. The van der Waals surface area contributed by atoms with Gasteiger partial charge in [-0.3, -0.25) is 9.59 Å². The molecule has 1 aliphatic carbocycles. The lowest BCUT2D eigenvalue weighted by atomic mass is 9.85. The summed E-state index contributed by atoms with van der Waals surface area (Å²) in [5.74, 6) is 1.28. The molecule has 0 atom stereocenters. The van der Waals surface area contributed by atoms with Gasteiger partial charge < -0.3 is 14.4 Å². The normalized spacial score (nSPS) is 24.3. The molecule has 1 aliphatic heterocycles. The fraction of sp³-hybridized carbons (Fsp3) is 0.650. The standard InChI is InChI=1S/C20H28N2O4/c1-25-20(24)12-15-2-5-17(6-3-15)26-18-8-10-22(11-9-18)19-7-4-16(14-23)13-21-19/h4,7,13-15,17-18H,2-3,5-6,8-12H2,1H3. The largest absolute Gasteiger partial charge is 0.469 e. The van der Waals surface area contributed by atoms with Gasteiger partial charge in [0.15, 0.2) is 6.29 Å². The number of nitrogens with zero attached hydrogens (tertiary/aromatic N) is 2. The van der Waals surface area contributed by atoms with Gasteiger partial charge in [-0.25, -0.2) is 4.98 Å². The molecule has 1 saturated heterocycles. The van der Waals surface area contributed by atoms with E-state index in [4.69, 9.17) is 9.47 Å². The molecule has 0 aromatic carbocycles. The zero-order valence-corrected chi connectivity index (χ0v) is 15.4. The second-order valence-corrected chi connectivity index (χ2v) is 7.31. The number of hydrogen-bond acceptors (Lipinski definition) is 6. The van der Waals surface area contributed by atoms with Gasteiger partial charge in [0.25, 0.3) is 0 Å². The van der Waals surface area contributed by atoms with Gasteiger partial charge in [0.05, 0.1) is 19.3 Å². The zero-order valence-electron chi connectivity index (χ0n) is 15.4. The van der Waals surface area contributed by atoms with Crippen LogP contribution in [0.15, 0.2) is 18.3 Å². The summed E-state index contributed by atoms with van der Waals surface area (Å²) in [4.78, 5) is 28.7. The Hall–Kier alpha value is -1.95. The summed E-state index contributed by atoms with van der Waals surface area (Å²) in [5.41, 5.74) is 0.606. The Morgan fingerprint density at radius 3 is 2.42 bits per heavy atom. The quantitative estimate of drug-likeness (QED) is 0.574. The van der Waals surface area contributed by atoms with Crippen LogP contribution in [0.3, 0.4) is 0 Å². The van der Waals surface area contributed by atoms with Crippen LogP contribution in [0.1, 0.15) is 55.3 Å². The molecular weight excluding hydrogens is 332 g/mol. The third kappa shape index (κ3) is 5.04. The number of ether oxygens (including phenoxy) is 2. The first kappa shape index (κ1) is 18.8. The topological polar surface area (TPSA) is 68.7 Å². The monoisotopic (exact) mass is 360 g/mol. The van der Waals surface area contributed by atoms with Crippen LogP contribution >= 0.6 is 0 Å². The maximum atomic E-state index is 11.4. The predicted molar refractivity (Wildman–Crippen MR) is 98.3 cm³/mol. The van der Waals surface area contributed by atoms with Gasteiger partial charge >= 0.3 is 5.97 Å². The highest BCUT2D eigenvalue weighted by atomic mass is 16.5. The Morgan fingerprint density at radius 2 is 1.85 bits per heavy atom. The van der Waals surface area contributed by atoms with Crippen LogP contribution in [-0.4, -0.2) is 49.6 Å². The van der Waals surface area contributed by atoms with Crippen molar-refractivity contribution in [3.05, 3.63) is 23.9 Å². The van der Waals surface area contributed by atoms with Gasteiger partial charge in [0.1, 0.15) is 5.82 Å². The second kappa shape index (κ2) is 9.12. The van der Waals surface area contributed by atoms with Gasteiger partial charge in [-0.15, -0.1) is 0 Å².